The number of carbonyl (C=O) groups is 1. The molecule has 1 heterocycles. The van der Waals surface area contributed by atoms with Crippen molar-refractivity contribution in [2.24, 2.45) is 0 Å². The molecule has 5 heteroatoms. The Morgan fingerprint density at radius 2 is 2.17 bits per heavy atom. The third-order valence-electron chi connectivity index (χ3n) is 2.88. The highest BCUT2D eigenvalue weighted by Crippen LogP contribution is 2.17. The highest BCUT2D eigenvalue weighted by atomic mass is 16.6. The molecule has 0 radical (unpaired) electrons. The van der Waals surface area contributed by atoms with Crippen molar-refractivity contribution in [2.45, 2.75) is 18.9 Å². The quantitative estimate of drug-likeness (QED) is 0.861. The zero-order valence-electron chi connectivity index (χ0n) is 10.4. The van der Waals surface area contributed by atoms with E-state index in [2.05, 4.69) is 10.6 Å². The van der Waals surface area contributed by atoms with Crippen LogP contribution in [-0.4, -0.2) is 32.4 Å². The van der Waals surface area contributed by atoms with Crippen LogP contribution in [0.15, 0.2) is 24.3 Å². The average Bonchev–Trinajstić information content (AvgIpc) is 2.40. The van der Waals surface area contributed by atoms with Crippen LogP contribution in [0.1, 0.15) is 12.8 Å². The van der Waals surface area contributed by atoms with Crippen LogP contribution in [0, 0.1) is 0 Å². The Labute approximate surface area is 106 Å². The van der Waals surface area contributed by atoms with Gasteiger partial charge in [0.2, 0.25) is 0 Å². The SMILES string of the molecule is COc1cccc(NC(=O)OC2CCNCC2)c1. The Balaban J connectivity index is 1.85. The van der Waals surface area contributed by atoms with Gasteiger partial charge in [0.25, 0.3) is 0 Å². The summed E-state index contributed by atoms with van der Waals surface area (Å²) in [4.78, 5) is 11.7. The number of carbonyl (C=O) groups excluding carboxylic acids is 1. The molecule has 5 nitrogen and oxygen atoms in total. The fraction of sp³-hybridized carbons (Fsp3) is 0.462. The molecule has 0 aliphatic carbocycles. The molecule has 0 unspecified atom stereocenters. The van der Waals surface area contributed by atoms with Crippen LogP contribution in [0.5, 0.6) is 5.75 Å². The molecule has 1 aromatic carbocycles. The normalized spacial score (nSPS) is 16.1. The number of piperidine rings is 1. The van der Waals surface area contributed by atoms with E-state index >= 15 is 0 Å². The Morgan fingerprint density at radius 3 is 2.89 bits per heavy atom. The molecule has 0 saturated carbocycles. The second-order valence-corrected chi connectivity index (χ2v) is 4.21. The zero-order chi connectivity index (χ0) is 12.8. The Bertz CT molecular complexity index is 403. The number of methoxy groups -OCH3 is 1. The summed E-state index contributed by atoms with van der Waals surface area (Å²) in [6.45, 7) is 1.80. The Kier molecular flexibility index (Phi) is 4.41. The standard InChI is InChI=1S/C13H18N2O3/c1-17-12-4-2-3-10(9-12)15-13(16)18-11-5-7-14-8-6-11/h2-4,9,11,14H,5-8H2,1H3,(H,15,16). The summed E-state index contributed by atoms with van der Waals surface area (Å²) in [5, 5.41) is 5.93. The van der Waals surface area contributed by atoms with Crippen LogP contribution < -0.4 is 15.4 Å². The number of hydrogen-bond acceptors (Lipinski definition) is 4. The molecular weight excluding hydrogens is 232 g/mol. The zero-order valence-corrected chi connectivity index (χ0v) is 10.4. The number of nitrogens with one attached hydrogen (secondary N) is 2. The lowest BCUT2D eigenvalue weighted by Gasteiger charge is -2.22. The second kappa shape index (κ2) is 6.26. The van der Waals surface area contributed by atoms with E-state index in [0.717, 1.165) is 25.9 Å². The van der Waals surface area contributed by atoms with Crippen molar-refractivity contribution >= 4 is 11.8 Å². The fourth-order valence-electron chi connectivity index (χ4n) is 1.91. The van der Waals surface area contributed by atoms with Crippen LogP contribution in [0.4, 0.5) is 10.5 Å². The molecule has 1 aromatic rings. The Morgan fingerprint density at radius 1 is 1.39 bits per heavy atom. The summed E-state index contributed by atoms with van der Waals surface area (Å²) >= 11 is 0. The summed E-state index contributed by atoms with van der Waals surface area (Å²) in [7, 11) is 1.59. The summed E-state index contributed by atoms with van der Waals surface area (Å²) in [6.07, 6.45) is 1.34. The van der Waals surface area contributed by atoms with Gasteiger partial charge in [-0.15, -0.1) is 0 Å². The molecular formula is C13H18N2O3. The molecule has 1 aliphatic heterocycles. The molecule has 2 rings (SSSR count). The van der Waals surface area contributed by atoms with Gasteiger partial charge in [-0.25, -0.2) is 4.79 Å². The number of anilines is 1. The van der Waals surface area contributed by atoms with Crippen LogP contribution in [0.2, 0.25) is 0 Å². The number of benzene rings is 1. The summed E-state index contributed by atoms with van der Waals surface area (Å²) in [5.74, 6) is 0.703. The van der Waals surface area contributed by atoms with Crippen molar-refractivity contribution in [1.82, 2.24) is 5.32 Å². The lowest BCUT2D eigenvalue weighted by molar-refractivity contribution is 0.0909. The average molecular weight is 250 g/mol. The maximum atomic E-state index is 11.7. The van der Waals surface area contributed by atoms with Crippen molar-refractivity contribution in [2.75, 3.05) is 25.5 Å². The van der Waals surface area contributed by atoms with Crippen LogP contribution in [-0.2, 0) is 4.74 Å². The van der Waals surface area contributed by atoms with Gasteiger partial charge in [-0.2, -0.15) is 0 Å². The van der Waals surface area contributed by atoms with Crippen LogP contribution in [0.3, 0.4) is 0 Å². The lowest BCUT2D eigenvalue weighted by atomic mass is 10.1. The van der Waals surface area contributed by atoms with Gasteiger partial charge in [0.15, 0.2) is 0 Å². The molecule has 2 N–H and O–H groups in total. The lowest BCUT2D eigenvalue weighted by Crippen LogP contribution is -2.34. The first-order chi connectivity index (χ1) is 8.78. The van der Waals surface area contributed by atoms with Crippen molar-refractivity contribution < 1.29 is 14.3 Å². The molecule has 1 saturated heterocycles. The van der Waals surface area contributed by atoms with E-state index in [9.17, 15) is 4.79 Å². The minimum Gasteiger partial charge on any atom is -0.497 e. The first kappa shape index (κ1) is 12.7. The van der Waals surface area contributed by atoms with E-state index in [1.807, 2.05) is 12.1 Å². The van der Waals surface area contributed by atoms with E-state index in [0.29, 0.717) is 11.4 Å². The van der Waals surface area contributed by atoms with E-state index in [1.54, 1.807) is 19.2 Å². The third kappa shape index (κ3) is 3.63. The predicted octanol–water partition coefficient (Wildman–Crippen LogP) is 2.00. The van der Waals surface area contributed by atoms with E-state index in [4.69, 9.17) is 9.47 Å². The minimum absolute atomic E-state index is 0.0110. The molecule has 98 valence electrons. The predicted molar refractivity (Wildman–Crippen MR) is 69.0 cm³/mol. The summed E-state index contributed by atoms with van der Waals surface area (Å²) < 4.78 is 10.4. The van der Waals surface area contributed by atoms with Crippen LogP contribution >= 0.6 is 0 Å². The van der Waals surface area contributed by atoms with Gasteiger partial charge in [-0.05, 0) is 38.1 Å². The molecule has 1 amide bonds. The molecule has 1 fully saturated rings. The van der Waals surface area contributed by atoms with E-state index < -0.39 is 6.09 Å². The summed E-state index contributed by atoms with van der Waals surface area (Å²) in [6, 6.07) is 7.19. The monoisotopic (exact) mass is 250 g/mol. The third-order valence-corrected chi connectivity index (χ3v) is 2.88. The molecule has 0 atom stereocenters. The number of amides is 1. The van der Waals surface area contributed by atoms with Gasteiger partial charge in [-0.1, -0.05) is 6.07 Å². The van der Waals surface area contributed by atoms with Crippen LogP contribution in [0.25, 0.3) is 0 Å². The highest BCUT2D eigenvalue weighted by molar-refractivity contribution is 5.84. The van der Waals surface area contributed by atoms with Crippen molar-refractivity contribution in [3.05, 3.63) is 24.3 Å². The van der Waals surface area contributed by atoms with Gasteiger partial charge in [0.05, 0.1) is 7.11 Å². The largest absolute Gasteiger partial charge is 0.497 e. The van der Waals surface area contributed by atoms with E-state index in [-0.39, 0.29) is 6.10 Å². The minimum atomic E-state index is -0.407. The van der Waals surface area contributed by atoms with E-state index in [1.165, 1.54) is 0 Å². The summed E-state index contributed by atoms with van der Waals surface area (Å²) in [5.41, 5.74) is 0.674. The van der Waals surface area contributed by atoms with Crippen molar-refractivity contribution in [3.8, 4) is 5.75 Å². The molecule has 1 aliphatic rings. The molecule has 0 spiro atoms. The van der Waals surface area contributed by atoms with Crippen molar-refractivity contribution in [3.63, 3.8) is 0 Å². The first-order valence-electron chi connectivity index (χ1n) is 6.10. The second-order valence-electron chi connectivity index (χ2n) is 4.21. The topological polar surface area (TPSA) is 59.6 Å². The Hall–Kier alpha value is -1.75. The smallest absolute Gasteiger partial charge is 0.411 e. The van der Waals surface area contributed by atoms with Crippen molar-refractivity contribution in [1.29, 1.82) is 0 Å². The highest BCUT2D eigenvalue weighted by Gasteiger charge is 2.17. The number of hydrogen-bond donors (Lipinski definition) is 2. The molecule has 18 heavy (non-hydrogen) atoms. The number of rotatable bonds is 3. The van der Waals surface area contributed by atoms with Gasteiger partial charge in [0.1, 0.15) is 11.9 Å². The molecule has 0 bridgehead atoms. The van der Waals surface area contributed by atoms with Gasteiger partial charge in [-0.3, -0.25) is 5.32 Å². The van der Waals surface area contributed by atoms with Gasteiger partial charge >= 0.3 is 6.09 Å². The number of ether oxygens (including phenoxy) is 2. The fourth-order valence-corrected chi connectivity index (χ4v) is 1.91. The maximum absolute atomic E-state index is 11.7. The maximum Gasteiger partial charge on any atom is 0.411 e. The first-order valence-corrected chi connectivity index (χ1v) is 6.10. The molecule has 0 aromatic heterocycles. The van der Waals surface area contributed by atoms with Gasteiger partial charge in [0, 0.05) is 11.8 Å². The van der Waals surface area contributed by atoms with Gasteiger partial charge < -0.3 is 14.8 Å².